The van der Waals surface area contributed by atoms with Crippen LogP contribution in [-0.2, 0) is 4.79 Å². The van der Waals surface area contributed by atoms with Crippen LogP contribution >= 0.6 is 11.8 Å². The number of rotatable bonds is 4. The van der Waals surface area contributed by atoms with Gasteiger partial charge in [-0.1, -0.05) is 42.1 Å². The van der Waals surface area contributed by atoms with E-state index in [1.54, 1.807) is 0 Å². The van der Waals surface area contributed by atoms with Crippen LogP contribution in [0.4, 0.5) is 5.69 Å². The van der Waals surface area contributed by atoms with Gasteiger partial charge in [0, 0.05) is 11.1 Å². The van der Waals surface area contributed by atoms with Crippen LogP contribution in [0.5, 0.6) is 0 Å². The van der Waals surface area contributed by atoms with Gasteiger partial charge in [0.2, 0.25) is 5.91 Å². The van der Waals surface area contributed by atoms with E-state index in [2.05, 4.69) is 43.4 Å². The van der Waals surface area contributed by atoms with Gasteiger partial charge in [0.05, 0.1) is 15.8 Å². The molecule has 3 rings (SSSR count). The Hall–Kier alpha value is -2.33. The molecule has 4 heteroatoms. The van der Waals surface area contributed by atoms with E-state index in [9.17, 15) is 4.79 Å². The average Bonchev–Trinajstić information content (AvgIpc) is 2.56. The predicted molar refractivity (Wildman–Crippen MR) is 106 cm³/mol. The van der Waals surface area contributed by atoms with Crippen LogP contribution in [-0.4, -0.2) is 16.1 Å². The molecular weight excluding hydrogens is 328 g/mol. The SMILES string of the molecule is Cc1cccc(NC(=O)[C@@H](C)Sc2cc(C)c3cccc(C)c3n2)c1. The number of thioether (sulfide) groups is 1. The quantitative estimate of drug-likeness (QED) is 0.651. The summed E-state index contributed by atoms with van der Waals surface area (Å²) in [6.45, 7) is 8.08. The summed E-state index contributed by atoms with van der Waals surface area (Å²) in [6.07, 6.45) is 0. The lowest BCUT2D eigenvalue weighted by Crippen LogP contribution is -2.22. The molecule has 128 valence electrons. The molecule has 0 aliphatic rings. The van der Waals surface area contributed by atoms with Crippen molar-refractivity contribution in [3.63, 3.8) is 0 Å². The second kappa shape index (κ2) is 7.28. The molecule has 0 bridgehead atoms. The van der Waals surface area contributed by atoms with E-state index in [4.69, 9.17) is 4.98 Å². The van der Waals surface area contributed by atoms with Gasteiger partial charge < -0.3 is 5.32 Å². The Balaban J connectivity index is 1.78. The molecule has 0 aliphatic heterocycles. The largest absolute Gasteiger partial charge is 0.325 e. The van der Waals surface area contributed by atoms with Crippen LogP contribution in [0, 0.1) is 20.8 Å². The molecule has 3 nitrogen and oxygen atoms in total. The van der Waals surface area contributed by atoms with Gasteiger partial charge in [-0.05, 0) is 62.6 Å². The Kier molecular flexibility index (Phi) is 5.09. The van der Waals surface area contributed by atoms with Crippen molar-refractivity contribution in [2.24, 2.45) is 0 Å². The Morgan fingerprint density at radius 3 is 2.56 bits per heavy atom. The highest BCUT2D eigenvalue weighted by Crippen LogP contribution is 2.28. The molecule has 1 N–H and O–H groups in total. The minimum atomic E-state index is -0.228. The molecule has 0 saturated heterocycles. The summed E-state index contributed by atoms with van der Waals surface area (Å²) in [5.74, 6) is -0.0140. The van der Waals surface area contributed by atoms with Crippen molar-refractivity contribution in [1.82, 2.24) is 4.98 Å². The van der Waals surface area contributed by atoms with E-state index in [-0.39, 0.29) is 11.2 Å². The summed E-state index contributed by atoms with van der Waals surface area (Å²) in [4.78, 5) is 17.2. The summed E-state index contributed by atoms with van der Waals surface area (Å²) in [5.41, 5.74) is 5.30. The highest BCUT2D eigenvalue weighted by atomic mass is 32.2. The third kappa shape index (κ3) is 4.02. The second-order valence-electron chi connectivity index (χ2n) is 6.37. The molecular formula is C21H22N2OS. The summed E-state index contributed by atoms with van der Waals surface area (Å²) >= 11 is 1.49. The number of anilines is 1. The van der Waals surface area contributed by atoms with Gasteiger partial charge in [0.15, 0.2) is 0 Å². The van der Waals surface area contributed by atoms with E-state index >= 15 is 0 Å². The maximum atomic E-state index is 12.5. The summed E-state index contributed by atoms with van der Waals surface area (Å²) < 4.78 is 0. The van der Waals surface area contributed by atoms with Crippen molar-refractivity contribution < 1.29 is 4.79 Å². The standard InChI is InChI=1S/C21H22N2OS/c1-13-7-5-9-17(11-13)22-21(24)16(4)25-19-12-15(3)18-10-6-8-14(2)20(18)23-19/h5-12,16H,1-4H3,(H,22,24)/t16-/m1/s1. The normalized spacial score (nSPS) is 12.2. The molecule has 0 spiro atoms. The maximum absolute atomic E-state index is 12.5. The fourth-order valence-electron chi connectivity index (χ4n) is 2.79. The number of aromatic nitrogens is 1. The van der Waals surface area contributed by atoms with Gasteiger partial charge in [-0.2, -0.15) is 0 Å². The first kappa shape index (κ1) is 17.5. The molecule has 0 unspecified atom stereocenters. The number of aryl methyl sites for hydroxylation is 3. The predicted octanol–water partition coefficient (Wildman–Crippen LogP) is 5.28. The summed E-state index contributed by atoms with van der Waals surface area (Å²) in [6, 6.07) is 16.1. The first-order valence-electron chi connectivity index (χ1n) is 8.35. The molecule has 0 saturated carbocycles. The minimum absolute atomic E-state index is 0.0140. The van der Waals surface area contributed by atoms with Crippen molar-refractivity contribution in [2.45, 2.75) is 38.0 Å². The number of para-hydroxylation sites is 1. The lowest BCUT2D eigenvalue weighted by atomic mass is 10.1. The average molecular weight is 350 g/mol. The molecule has 1 heterocycles. The number of nitrogens with zero attached hydrogens (tertiary/aromatic N) is 1. The van der Waals surface area contributed by atoms with Gasteiger partial charge in [0.1, 0.15) is 0 Å². The molecule has 2 aromatic carbocycles. The molecule has 25 heavy (non-hydrogen) atoms. The molecule has 0 aliphatic carbocycles. The number of benzene rings is 2. The summed E-state index contributed by atoms with van der Waals surface area (Å²) in [7, 11) is 0. The Morgan fingerprint density at radius 1 is 1.04 bits per heavy atom. The lowest BCUT2D eigenvalue weighted by molar-refractivity contribution is -0.115. The van der Waals surface area contributed by atoms with Crippen molar-refractivity contribution in [1.29, 1.82) is 0 Å². The van der Waals surface area contributed by atoms with Crippen LogP contribution in [0.25, 0.3) is 10.9 Å². The number of fused-ring (bicyclic) bond motifs is 1. The third-order valence-electron chi connectivity index (χ3n) is 4.18. The topological polar surface area (TPSA) is 42.0 Å². The van der Waals surface area contributed by atoms with Gasteiger partial charge in [-0.3, -0.25) is 4.79 Å². The number of carbonyl (C=O) groups excluding carboxylic acids is 1. The van der Waals surface area contributed by atoms with Crippen molar-refractivity contribution in [3.05, 3.63) is 65.2 Å². The molecule has 1 amide bonds. The Morgan fingerprint density at radius 2 is 1.80 bits per heavy atom. The van der Waals surface area contributed by atoms with Crippen LogP contribution in [0.15, 0.2) is 53.6 Å². The van der Waals surface area contributed by atoms with Crippen LogP contribution < -0.4 is 5.32 Å². The number of carbonyl (C=O) groups is 1. The van der Waals surface area contributed by atoms with Crippen molar-refractivity contribution >= 4 is 34.3 Å². The van der Waals surface area contributed by atoms with E-state index in [0.29, 0.717) is 0 Å². The van der Waals surface area contributed by atoms with E-state index in [0.717, 1.165) is 27.4 Å². The van der Waals surface area contributed by atoms with Crippen LogP contribution in [0.2, 0.25) is 0 Å². The van der Waals surface area contributed by atoms with Gasteiger partial charge in [-0.25, -0.2) is 4.98 Å². The number of pyridine rings is 1. The second-order valence-corrected chi connectivity index (χ2v) is 7.73. The Labute approximate surface area is 152 Å². The zero-order valence-corrected chi connectivity index (χ0v) is 15.8. The fraction of sp³-hybridized carbons (Fsp3) is 0.238. The molecule has 0 fully saturated rings. The summed E-state index contributed by atoms with van der Waals surface area (Å²) in [5, 5.41) is 4.80. The zero-order valence-electron chi connectivity index (χ0n) is 15.0. The van der Waals surface area contributed by atoms with Crippen LogP contribution in [0.3, 0.4) is 0 Å². The van der Waals surface area contributed by atoms with E-state index < -0.39 is 0 Å². The fourth-order valence-corrected chi connectivity index (χ4v) is 3.71. The molecule has 3 aromatic rings. The van der Waals surface area contributed by atoms with Gasteiger partial charge >= 0.3 is 0 Å². The first-order chi connectivity index (χ1) is 11.9. The molecule has 1 aromatic heterocycles. The smallest absolute Gasteiger partial charge is 0.237 e. The highest BCUT2D eigenvalue weighted by molar-refractivity contribution is 8.00. The molecule has 1 atom stereocenters. The number of amides is 1. The van der Waals surface area contributed by atoms with E-state index in [1.807, 2.05) is 38.1 Å². The van der Waals surface area contributed by atoms with Gasteiger partial charge in [-0.15, -0.1) is 0 Å². The van der Waals surface area contributed by atoms with Crippen molar-refractivity contribution in [2.75, 3.05) is 5.32 Å². The highest BCUT2D eigenvalue weighted by Gasteiger charge is 2.16. The third-order valence-corrected chi connectivity index (χ3v) is 5.20. The van der Waals surface area contributed by atoms with Crippen LogP contribution in [0.1, 0.15) is 23.6 Å². The monoisotopic (exact) mass is 350 g/mol. The maximum Gasteiger partial charge on any atom is 0.237 e. The van der Waals surface area contributed by atoms with E-state index in [1.165, 1.54) is 22.7 Å². The lowest BCUT2D eigenvalue weighted by Gasteiger charge is -2.13. The Bertz CT molecular complexity index is 936. The number of nitrogens with one attached hydrogen (secondary N) is 1. The molecule has 0 radical (unpaired) electrons. The van der Waals surface area contributed by atoms with Gasteiger partial charge in [0.25, 0.3) is 0 Å². The first-order valence-corrected chi connectivity index (χ1v) is 9.23. The minimum Gasteiger partial charge on any atom is -0.325 e. The zero-order chi connectivity index (χ0) is 18.0. The number of hydrogen-bond acceptors (Lipinski definition) is 3. The number of hydrogen-bond donors (Lipinski definition) is 1. The van der Waals surface area contributed by atoms with Crippen molar-refractivity contribution in [3.8, 4) is 0 Å².